The minimum atomic E-state index is -0.678. The number of hydrogen-bond acceptors (Lipinski definition) is 8. The van der Waals surface area contributed by atoms with Crippen LogP contribution < -0.4 is 10.6 Å². The topological polar surface area (TPSA) is 140 Å². The number of carbonyl (C=O) groups is 5. The monoisotopic (exact) mass is 489 g/mol. The van der Waals surface area contributed by atoms with Crippen LogP contribution in [0.2, 0.25) is 0 Å². The molecule has 0 bridgehead atoms. The molecule has 0 aromatic carbocycles. The first-order chi connectivity index (χ1) is 15.8. The largest absolute Gasteiger partial charge is 0.468 e. The zero-order valence-corrected chi connectivity index (χ0v) is 22.1. The molecule has 198 valence electrons. The van der Waals surface area contributed by atoms with Gasteiger partial charge in [-0.15, -0.1) is 0 Å². The highest BCUT2D eigenvalue weighted by atomic mass is 16.6. The molecule has 1 aliphatic heterocycles. The van der Waals surface area contributed by atoms with Crippen molar-refractivity contribution in [2.45, 2.75) is 73.0 Å². The van der Waals surface area contributed by atoms with E-state index in [-0.39, 0.29) is 24.3 Å². The summed E-state index contributed by atoms with van der Waals surface area (Å²) in [4.78, 5) is 57.2. The third-order valence-electron chi connectivity index (χ3n) is 4.19. The Morgan fingerprint density at radius 2 is 1.65 bits per heavy atom. The van der Waals surface area contributed by atoms with Gasteiger partial charge in [-0.2, -0.15) is 0 Å². The lowest BCUT2D eigenvalue weighted by atomic mass is 10.0. The number of likely N-dealkylation sites (tertiary alicyclic amines) is 1. The molecule has 1 aliphatic rings. The number of rotatable bonds is 7. The average Bonchev–Trinajstić information content (AvgIpc) is 3.25. The van der Waals surface area contributed by atoms with Crippen molar-refractivity contribution in [1.82, 2.24) is 15.5 Å². The van der Waals surface area contributed by atoms with Crippen LogP contribution in [0.4, 0.5) is 4.79 Å². The second-order valence-electron chi connectivity index (χ2n) is 8.95. The fourth-order valence-corrected chi connectivity index (χ4v) is 2.56. The van der Waals surface area contributed by atoms with Crippen LogP contribution >= 0.6 is 0 Å². The molecule has 0 aromatic rings. The number of carbonyl (C=O) groups excluding carboxylic acids is 5. The van der Waals surface area contributed by atoms with Crippen molar-refractivity contribution >= 4 is 30.3 Å². The number of nitrogens with one attached hydrogen (secondary N) is 2. The summed E-state index contributed by atoms with van der Waals surface area (Å²) in [5.74, 6) is -1.56. The van der Waals surface area contributed by atoms with Gasteiger partial charge in [-0.1, -0.05) is 34.1 Å². The summed E-state index contributed by atoms with van der Waals surface area (Å²) in [6, 6.07) is -0.678. The second kappa shape index (κ2) is 17.6. The number of nitrogens with zero attached hydrogens (tertiary/aromatic N) is 1. The molecule has 2 N–H and O–H groups in total. The average molecular weight is 490 g/mol. The first-order valence-corrected chi connectivity index (χ1v) is 11.4. The highest BCUT2D eigenvalue weighted by Gasteiger charge is 2.35. The van der Waals surface area contributed by atoms with Crippen LogP contribution in [0, 0.1) is 11.8 Å². The molecule has 0 aromatic heterocycles. The van der Waals surface area contributed by atoms with E-state index >= 15 is 0 Å². The summed E-state index contributed by atoms with van der Waals surface area (Å²) in [6.07, 6.45) is 1.83. The predicted octanol–water partition coefficient (Wildman–Crippen LogP) is 1.88. The Hall–Kier alpha value is -2.85. The normalized spacial score (nSPS) is 15.5. The number of hydrogen-bond donors (Lipinski definition) is 2. The Kier molecular flexibility index (Phi) is 17.3. The van der Waals surface area contributed by atoms with E-state index in [1.54, 1.807) is 20.8 Å². The van der Waals surface area contributed by atoms with Gasteiger partial charge in [-0.25, -0.2) is 9.59 Å². The van der Waals surface area contributed by atoms with E-state index in [4.69, 9.17) is 9.47 Å². The van der Waals surface area contributed by atoms with Gasteiger partial charge in [-0.3, -0.25) is 14.4 Å². The van der Waals surface area contributed by atoms with E-state index in [1.807, 2.05) is 13.8 Å². The number of esters is 2. The molecule has 0 saturated carbocycles. The predicted molar refractivity (Wildman–Crippen MR) is 127 cm³/mol. The van der Waals surface area contributed by atoms with Gasteiger partial charge < -0.3 is 29.7 Å². The van der Waals surface area contributed by atoms with Crippen LogP contribution in [-0.2, 0) is 33.4 Å². The Morgan fingerprint density at radius 1 is 1.09 bits per heavy atom. The molecule has 1 saturated heterocycles. The first kappa shape index (κ1) is 33.3. The van der Waals surface area contributed by atoms with Crippen molar-refractivity contribution in [3.8, 4) is 0 Å². The lowest BCUT2D eigenvalue weighted by Gasteiger charge is -2.25. The van der Waals surface area contributed by atoms with Gasteiger partial charge in [0.1, 0.15) is 18.2 Å². The summed E-state index contributed by atoms with van der Waals surface area (Å²) in [5.41, 5.74) is -0.564. The Labute approximate surface area is 203 Å². The second-order valence-corrected chi connectivity index (χ2v) is 8.95. The van der Waals surface area contributed by atoms with Gasteiger partial charge in [-0.05, 0) is 33.1 Å². The van der Waals surface area contributed by atoms with Gasteiger partial charge in [0.05, 0.1) is 20.1 Å². The highest BCUT2D eigenvalue weighted by molar-refractivity contribution is 5.86. The van der Waals surface area contributed by atoms with Crippen LogP contribution in [0.3, 0.4) is 0 Å². The van der Waals surface area contributed by atoms with Gasteiger partial charge in [0.25, 0.3) is 0 Å². The Balaban J connectivity index is 0. The minimum Gasteiger partial charge on any atom is -0.468 e. The van der Waals surface area contributed by atoms with E-state index in [2.05, 4.69) is 29.2 Å². The van der Waals surface area contributed by atoms with E-state index in [1.165, 1.54) is 25.5 Å². The molecule has 0 aliphatic carbocycles. The molecule has 3 amide bonds. The zero-order valence-electron chi connectivity index (χ0n) is 22.1. The van der Waals surface area contributed by atoms with E-state index in [9.17, 15) is 24.0 Å². The third-order valence-corrected chi connectivity index (χ3v) is 4.19. The Bertz CT molecular complexity index is 647. The molecule has 34 heavy (non-hydrogen) atoms. The molecular weight excluding hydrogens is 446 g/mol. The molecule has 2 atom stereocenters. The van der Waals surface area contributed by atoms with Crippen molar-refractivity contribution in [2.24, 2.45) is 11.8 Å². The maximum absolute atomic E-state index is 12.3. The smallest absolute Gasteiger partial charge is 0.410 e. The van der Waals surface area contributed by atoms with Crippen LogP contribution in [-0.4, -0.2) is 80.7 Å². The van der Waals surface area contributed by atoms with Crippen molar-refractivity contribution < 1.29 is 38.2 Å². The molecule has 1 rings (SSSR count). The molecule has 0 spiro atoms. The van der Waals surface area contributed by atoms with Gasteiger partial charge in [0, 0.05) is 13.1 Å². The summed E-state index contributed by atoms with van der Waals surface area (Å²) >= 11 is 0. The standard InChI is InChI=1S/C16H28N2O5.C4H7NO3.C3H8/c1-10(2)12(14(20)22-6)17-13(19)11-7-8-18(9-11)15(21)23-16(3,4)5;1-8-4(7)2-5-3-6;1-3-2/h10-12H,7-9H2,1-6H3,(H,17,19);3H,2H2,1H3,(H,5,6);3H2,1-2H3/t11-,12?;;/m1../s1. The lowest BCUT2D eigenvalue weighted by Crippen LogP contribution is -2.47. The van der Waals surface area contributed by atoms with Gasteiger partial charge >= 0.3 is 18.0 Å². The maximum atomic E-state index is 12.3. The number of methoxy groups -OCH3 is 2. The Morgan fingerprint density at radius 3 is 2.06 bits per heavy atom. The summed E-state index contributed by atoms with van der Waals surface area (Å²) < 4.78 is 14.2. The minimum absolute atomic E-state index is 0.0556. The van der Waals surface area contributed by atoms with Crippen LogP contribution in [0.25, 0.3) is 0 Å². The van der Waals surface area contributed by atoms with Crippen molar-refractivity contribution in [3.63, 3.8) is 0 Å². The molecule has 1 heterocycles. The molecular formula is C23H43N3O8. The van der Waals surface area contributed by atoms with E-state index < -0.39 is 29.7 Å². The summed E-state index contributed by atoms with van der Waals surface area (Å²) in [7, 11) is 2.55. The van der Waals surface area contributed by atoms with E-state index in [0.717, 1.165) is 0 Å². The lowest BCUT2D eigenvalue weighted by molar-refractivity contribution is -0.146. The first-order valence-electron chi connectivity index (χ1n) is 11.4. The quantitative estimate of drug-likeness (QED) is 0.314. The van der Waals surface area contributed by atoms with Crippen molar-refractivity contribution in [2.75, 3.05) is 33.9 Å². The fraction of sp³-hybridized carbons (Fsp3) is 0.783. The molecule has 1 unspecified atom stereocenters. The van der Waals surface area contributed by atoms with Crippen LogP contribution in [0.15, 0.2) is 0 Å². The van der Waals surface area contributed by atoms with Gasteiger partial charge in [0.2, 0.25) is 12.3 Å². The third kappa shape index (κ3) is 15.1. The van der Waals surface area contributed by atoms with Gasteiger partial charge in [0.15, 0.2) is 0 Å². The SMILES string of the molecule is CCC.COC(=O)C(NC(=O)[C@@H]1CCN(C(=O)OC(C)(C)C)C1)C(C)C.COC(=O)CNC=O. The van der Waals surface area contributed by atoms with Crippen molar-refractivity contribution in [1.29, 1.82) is 0 Å². The molecule has 0 radical (unpaired) electrons. The number of amides is 3. The highest BCUT2D eigenvalue weighted by Crippen LogP contribution is 2.20. The van der Waals surface area contributed by atoms with Crippen LogP contribution in [0.1, 0.15) is 61.3 Å². The molecule has 11 nitrogen and oxygen atoms in total. The maximum Gasteiger partial charge on any atom is 0.410 e. The summed E-state index contributed by atoms with van der Waals surface area (Å²) in [6.45, 7) is 14.0. The molecule has 11 heteroatoms. The fourth-order valence-electron chi connectivity index (χ4n) is 2.56. The van der Waals surface area contributed by atoms with Crippen LogP contribution in [0.5, 0.6) is 0 Å². The summed E-state index contributed by atoms with van der Waals surface area (Å²) in [5, 5.41) is 4.87. The van der Waals surface area contributed by atoms with Crippen molar-refractivity contribution in [3.05, 3.63) is 0 Å². The van der Waals surface area contributed by atoms with E-state index in [0.29, 0.717) is 25.9 Å². The molecule has 1 fully saturated rings. The number of ether oxygens (including phenoxy) is 3. The zero-order chi connectivity index (χ0) is 26.9.